The zero-order valence-electron chi connectivity index (χ0n) is 20.1. The number of nitro benzene ring substituents is 1. The lowest BCUT2D eigenvalue weighted by molar-refractivity contribution is -0.384. The van der Waals surface area contributed by atoms with Crippen molar-refractivity contribution >= 4 is 63.8 Å². The van der Waals surface area contributed by atoms with Crippen molar-refractivity contribution in [3.8, 4) is 0 Å². The van der Waals surface area contributed by atoms with Crippen LogP contribution in [0, 0.1) is 10.1 Å². The highest BCUT2D eigenvalue weighted by Crippen LogP contribution is 2.40. The number of hydrogen-bond acceptors (Lipinski definition) is 13. The van der Waals surface area contributed by atoms with Crippen LogP contribution >= 0.6 is 23.1 Å². The van der Waals surface area contributed by atoms with Gasteiger partial charge in [0.2, 0.25) is 6.41 Å². The number of fused-ring (bicyclic) bond motifs is 1. The number of non-ortho nitro benzene ring substituents is 1. The zero-order valence-corrected chi connectivity index (χ0v) is 21.7. The summed E-state index contributed by atoms with van der Waals surface area (Å²) in [6.07, 6.45) is 0.432. The van der Waals surface area contributed by atoms with E-state index in [0.717, 1.165) is 28.0 Å². The van der Waals surface area contributed by atoms with E-state index in [1.165, 1.54) is 29.6 Å². The summed E-state index contributed by atoms with van der Waals surface area (Å²) in [5.41, 5.74) is -0.114. The molecule has 1 aromatic heterocycles. The van der Waals surface area contributed by atoms with Gasteiger partial charge in [0.05, 0.1) is 10.7 Å². The summed E-state index contributed by atoms with van der Waals surface area (Å²) >= 11 is 2.18. The largest absolute Gasteiger partial charge is 0.509 e. The van der Waals surface area contributed by atoms with Crippen LogP contribution in [0.25, 0.3) is 0 Å². The number of aliphatic hydroxyl groups is 1. The van der Waals surface area contributed by atoms with Crippen molar-refractivity contribution in [2.75, 3.05) is 17.7 Å². The van der Waals surface area contributed by atoms with E-state index in [-0.39, 0.29) is 52.6 Å². The van der Waals surface area contributed by atoms with Gasteiger partial charge in [0.1, 0.15) is 36.1 Å². The zero-order chi connectivity index (χ0) is 28.1. The van der Waals surface area contributed by atoms with Crippen molar-refractivity contribution in [2.45, 2.75) is 24.9 Å². The number of nitrogens with zero attached hydrogens (tertiary/aromatic N) is 4. The van der Waals surface area contributed by atoms with Crippen molar-refractivity contribution in [3.05, 3.63) is 62.5 Å². The smallest absolute Gasteiger partial charge is 0.358 e. The number of nitrogens with one attached hydrogen (secondary N) is 2. The Hall–Kier alpha value is -4.51. The number of carbonyl (C=O) groups is 4. The number of anilines is 1. The topological polar surface area (TPSA) is 203 Å². The van der Waals surface area contributed by atoms with E-state index in [1.807, 2.05) is 0 Å². The van der Waals surface area contributed by atoms with E-state index in [1.54, 1.807) is 6.92 Å². The molecule has 2 aliphatic heterocycles. The van der Waals surface area contributed by atoms with Gasteiger partial charge in [-0.05, 0) is 24.6 Å². The molecule has 17 heteroatoms. The van der Waals surface area contributed by atoms with Gasteiger partial charge in [0.25, 0.3) is 17.5 Å². The van der Waals surface area contributed by atoms with Gasteiger partial charge in [-0.3, -0.25) is 29.4 Å². The third-order valence-electron chi connectivity index (χ3n) is 5.37. The molecule has 3 amide bonds. The Balaban J connectivity index is 1.43. The van der Waals surface area contributed by atoms with Crippen LogP contribution in [0.3, 0.4) is 0 Å². The quantitative estimate of drug-likeness (QED) is 0.0868. The number of thiazole rings is 1. The molecule has 2 atom stereocenters. The van der Waals surface area contributed by atoms with Crippen LogP contribution in [0.15, 0.2) is 46.3 Å². The van der Waals surface area contributed by atoms with E-state index in [9.17, 15) is 34.4 Å². The van der Waals surface area contributed by atoms with Crippen molar-refractivity contribution in [2.24, 2.45) is 5.16 Å². The molecule has 3 N–H and O–H groups in total. The van der Waals surface area contributed by atoms with Gasteiger partial charge in [-0.15, -0.1) is 23.1 Å². The van der Waals surface area contributed by atoms with Gasteiger partial charge >= 0.3 is 5.97 Å². The number of β-lactam (4-membered cyclic amide) rings is 1. The summed E-state index contributed by atoms with van der Waals surface area (Å²) < 4.78 is 5.23. The molecule has 0 saturated carbocycles. The number of thioether (sulfide) groups is 1. The Morgan fingerprint density at radius 3 is 2.77 bits per heavy atom. The van der Waals surface area contributed by atoms with Gasteiger partial charge in [-0.25, -0.2) is 9.78 Å². The first kappa shape index (κ1) is 27.5. The van der Waals surface area contributed by atoms with Crippen LogP contribution < -0.4 is 10.6 Å². The van der Waals surface area contributed by atoms with Gasteiger partial charge in [0.15, 0.2) is 16.5 Å². The lowest BCUT2D eigenvalue weighted by atomic mass is 10.0. The van der Waals surface area contributed by atoms with Gasteiger partial charge < -0.3 is 25.3 Å². The normalized spacial score (nSPS) is 18.5. The molecule has 1 aromatic carbocycles. The van der Waals surface area contributed by atoms with Crippen LogP contribution in [0.1, 0.15) is 18.2 Å². The third kappa shape index (κ3) is 5.83. The highest BCUT2D eigenvalue weighted by atomic mass is 32.2. The first-order valence-corrected chi connectivity index (χ1v) is 13.1. The molecular weight excluding hydrogens is 556 g/mol. The summed E-state index contributed by atoms with van der Waals surface area (Å²) in [5, 5.41) is 30.9. The van der Waals surface area contributed by atoms with Crippen LogP contribution in [-0.4, -0.2) is 73.6 Å². The van der Waals surface area contributed by atoms with Crippen LogP contribution in [-0.2, 0) is 35.4 Å². The fraction of sp³-hybridized carbons (Fsp3) is 0.273. The second-order valence-electron chi connectivity index (χ2n) is 7.81. The second-order valence-corrected chi connectivity index (χ2v) is 9.78. The minimum Gasteiger partial charge on any atom is -0.509 e. The number of nitro groups is 1. The molecule has 0 spiro atoms. The molecule has 204 valence electrons. The molecule has 1 fully saturated rings. The molecule has 15 nitrogen and oxygen atoms in total. The molecule has 1 saturated heterocycles. The standard InChI is InChI=1S/C22H20N6O9S2/c1-2-37-26-15(13-8-39-22(24-13)23-10-29)18(31)25-16-19(32)27-17(14(30)9-38-20(16)27)21(33)36-7-11-3-5-12(6-4-11)28(34)35/h3-6,8,10,16,20,30H,2,7,9H2,1H3,(H,25,31)(H,23,24,29)/b26-15+/t16?,20-/m1/s1. The summed E-state index contributed by atoms with van der Waals surface area (Å²) in [5.74, 6) is -2.78. The molecule has 3 heterocycles. The number of amides is 3. The van der Waals surface area contributed by atoms with Gasteiger partial charge in [-0.2, -0.15) is 0 Å². The SMILES string of the molecule is CCO/N=C(/C(=O)NC1C(=O)N2C(C(=O)OCc3ccc([N+](=O)[O-])cc3)=C(O)CS[C@H]12)c1csc(NC=O)n1. The predicted molar refractivity (Wildman–Crippen MR) is 138 cm³/mol. The number of rotatable bonds is 11. The third-order valence-corrected chi connectivity index (χ3v) is 7.41. The molecule has 2 aliphatic rings. The van der Waals surface area contributed by atoms with Crippen molar-refractivity contribution in [3.63, 3.8) is 0 Å². The van der Waals surface area contributed by atoms with Gasteiger partial charge in [-0.1, -0.05) is 5.16 Å². The fourth-order valence-electron chi connectivity index (χ4n) is 3.57. The molecule has 0 bridgehead atoms. The first-order valence-electron chi connectivity index (χ1n) is 11.2. The van der Waals surface area contributed by atoms with Crippen molar-refractivity contribution in [1.82, 2.24) is 15.2 Å². The maximum Gasteiger partial charge on any atom is 0.358 e. The summed E-state index contributed by atoms with van der Waals surface area (Å²) in [4.78, 5) is 69.8. The molecule has 1 unspecified atom stereocenters. The molecule has 39 heavy (non-hydrogen) atoms. The number of oxime groups is 1. The highest BCUT2D eigenvalue weighted by molar-refractivity contribution is 8.00. The van der Waals surface area contributed by atoms with E-state index in [0.29, 0.717) is 12.0 Å². The first-order chi connectivity index (χ1) is 18.7. The van der Waals surface area contributed by atoms with Crippen molar-refractivity contribution in [1.29, 1.82) is 0 Å². The Morgan fingerprint density at radius 2 is 2.10 bits per heavy atom. The maximum atomic E-state index is 13.0. The molecule has 0 radical (unpaired) electrons. The van der Waals surface area contributed by atoms with E-state index in [4.69, 9.17) is 9.57 Å². The number of benzene rings is 1. The van der Waals surface area contributed by atoms with E-state index in [2.05, 4.69) is 20.8 Å². The minimum absolute atomic E-state index is 0.0184. The molecule has 4 rings (SSSR count). The van der Waals surface area contributed by atoms with Crippen LogP contribution in [0.4, 0.5) is 10.8 Å². The number of ether oxygens (including phenoxy) is 1. The molecule has 0 aliphatic carbocycles. The average Bonchev–Trinajstić information content (AvgIpc) is 3.39. The highest BCUT2D eigenvalue weighted by Gasteiger charge is 2.55. The number of hydrogen-bond donors (Lipinski definition) is 3. The van der Waals surface area contributed by atoms with Crippen LogP contribution in [0.5, 0.6) is 0 Å². The second kappa shape index (κ2) is 11.9. The number of esters is 1. The molecular formula is C22H20N6O9S2. The van der Waals surface area contributed by atoms with E-state index >= 15 is 0 Å². The molecule has 2 aromatic rings. The maximum absolute atomic E-state index is 13.0. The number of carbonyl (C=O) groups excluding carboxylic acids is 4. The van der Waals surface area contributed by atoms with Crippen LogP contribution in [0.2, 0.25) is 0 Å². The Kier molecular flexibility index (Phi) is 8.40. The minimum atomic E-state index is -1.05. The predicted octanol–water partition coefficient (Wildman–Crippen LogP) is 1.27. The summed E-state index contributed by atoms with van der Waals surface area (Å²) in [6.45, 7) is 1.57. The lowest BCUT2D eigenvalue weighted by Gasteiger charge is -2.48. The number of aromatic nitrogens is 1. The van der Waals surface area contributed by atoms with Gasteiger partial charge in [0, 0.05) is 17.5 Å². The number of aliphatic hydroxyl groups excluding tert-OH is 1. The Bertz CT molecular complexity index is 1370. The Morgan fingerprint density at radius 1 is 1.36 bits per heavy atom. The summed E-state index contributed by atoms with van der Waals surface area (Å²) in [6, 6.07) is 4.30. The van der Waals surface area contributed by atoms with E-state index < -0.39 is 34.1 Å². The monoisotopic (exact) mass is 576 g/mol. The fourth-order valence-corrected chi connectivity index (χ4v) is 5.42. The lowest BCUT2D eigenvalue weighted by Crippen LogP contribution is -2.71. The average molecular weight is 577 g/mol. The summed E-state index contributed by atoms with van der Waals surface area (Å²) in [7, 11) is 0. The van der Waals surface area contributed by atoms with Crippen molar-refractivity contribution < 1.29 is 38.8 Å². The Labute approximate surface area is 228 Å².